The van der Waals surface area contributed by atoms with E-state index in [2.05, 4.69) is 12.2 Å². The Balaban J connectivity index is 2.17. The molecule has 0 aliphatic carbocycles. The minimum Gasteiger partial charge on any atom is -0.350 e. The number of halogens is 3. The van der Waals surface area contributed by atoms with E-state index in [0.29, 0.717) is 0 Å². The van der Waals surface area contributed by atoms with E-state index in [0.717, 1.165) is 11.8 Å². The largest absolute Gasteiger partial charge is 0.350 e. The molecule has 1 radical (unpaired) electrons. The van der Waals surface area contributed by atoms with E-state index in [-0.39, 0.29) is 23.7 Å². The van der Waals surface area contributed by atoms with Crippen molar-refractivity contribution in [3.63, 3.8) is 0 Å². The van der Waals surface area contributed by atoms with Crippen LogP contribution in [0.1, 0.15) is 12.5 Å². The Labute approximate surface area is 143 Å². The molecule has 0 saturated carbocycles. The number of nitrogens with zero attached hydrogens (tertiary/aromatic N) is 1. The highest BCUT2D eigenvalue weighted by atomic mass is 35.5. The smallest absolute Gasteiger partial charge is 0.243 e. The number of nitrogens with one attached hydrogen (secondary N) is 1. The van der Waals surface area contributed by atoms with Crippen LogP contribution < -0.4 is 5.32 Å². The van der Waals surface area contributed by atoms with Gasteiger partial charge in [-0.25, -0.2) is 8.78 Å². The Morgan fingerprint density at radius 2 is 2.08 bits per heavy atom. The first-order valence-electron chi connectivity index (χ1n) is 7.21. The molecule has 0 spiro atoms. The molecule has 2 amide bonds. The summed E-state index contributed by atoms with van der Waals surface area (Å²) < 4.78 is 27.9. The number of carbonyl (C=O) groups excluding carboxylic acids is 3. The second-order valence-electron chi connectivity index (χ2n) is 5.57. The van der Waals surface area contributed by atoms with E-state index >= 15 is 0 Å². The third-order valence-corrected chi connectivity index (χ3v) is 4.27. The SMILES string of the molecule is [CH2]C(=O)N1C[C@H](F)C(C(C)=O)[C@H]1C(=O)NCc1cccc(Cl)c1F. The summed E-state index contributed by atoms with van der Waals surface area (Å²) in [5, 5.41) is 2.33. The Kier molecular flexibility index (Phi) is 5.54. The fraction of sp³-hybridized carbons (Fsp3) is 0.375. The molecular weight excluding hydrogens is 342 g/mol. The van der Waals surface area contributed by atoms with E-state index < -0.39 is 41.5 Å². The lowest BCUT2D eigenvalue weighted by atomic mass is 9.94. The molecule has 5 nitrogen and oxygen atoms in total. The van der Waals surface area contributed by atoms with Gasteiger partial charge in [0.25, 0.3) is 0 Å². The molecule has 0 aromatic heterocycles. The van der Waals surface area contributed by atoms with Gasteiger partial charge in [0.15, 0.2) is 0 Å². The summed E-state index contributed by atoms with van der Waals surface area (Å²) in [5.41, 5.74) is 0.137. The number of amides is 2. The Bertz CT molecular complexity index is 683. The first-order valence-corrected chi connectivity index (χ1v) is 7.59. The molecule has 1 fully saturated rings. The van der Waals surface area contributed by atoms with Crippen LogP contribution in [0, 0.1) is 18.7 Å². The van der Waals surface area contributed by atoms with Crippen molar-refractivity contribution >= 4 is 29.2 Å². The third-order valence-electron chi connectivity index (χ3n) is 3.98. The van der Waals surface area contributed by atoms with Gasteiger partial charge in [-0.15, -0.1) is 0 Å². The van der Waals surface area contributed by atoms with Gasteiger partial charge in [0.1, 0.15) is 23.8 Å². The fourth-order valence-corrected chi connectivity index (χ4v) is 3.01. The van der Waals surface area contributed by atoms with Crippen LogP contribution in [0.2, 0.25) is 5.02 Å². The van der Waals surface area contributed by atoms with Gasteiger partial charge in [-0.2, -0.15) is 0 Å². The first-order chi connectivity index (χ1) is 11.2. The molecule has 0 bridgehead atoms. The summed E-state index contributed by atoms with van der Waals surface area (Å²) in [6.45, 7) is 3.75. The lowest BCUT2D eigenvalue weighted by molar-refractivity contribution is -0.138. The van der Waals surface area contributed by atoms with Gasteiger partial charge in [-0.05, 0) is 13.0 Å². The molecule has 1 aliphatic rings. The molecule has 1 heterocycles. The van der Waals surface area contributed by atoms with Crippen LogP contribution in [-0.2, 0) is 20.9 Å². The van der Waals surface area contributed by atoms with Gasteiger partial charge in [-0.3, -0.25) is 14.4 Å². The van der Waals surface area contributed by atoms with Crippen LogP contribution in [0.25, 0.3) is 0 Å². The van der Waals surface area contributed by atoms with E-state index in [4.69, 9.17) is 11.6 Å². The van der Waals surface area contributed by atoms with Crippen LogP contribution in [0.3, 0.4) is 0 Å². The average Bonchev–Trinajstić information content (AvgIpc) is 2.86. The maximum atomic E-state index is 14.0. The molecule has 3 atom stereocenters. The topological polar surface area (TPSA) is 66.5 Å². The van der Waals surface area contributed by atoms with Crippen LogP contribution >= 0.6 is 11.6 Å². The zero-order chi connectivity index (χ0) is 18.0. The predicted octanol–water partition coefficient (Wildman–Crippen LogP) is 1.68. The normalized spacial score (nSPS) is 23.2. The number of alkyl halides is 1. The molecule has 1 unspecified atom stereocenters. The number of ketones is 1. The van der Waals surface area contributed by atoms with Gasteiger partial charge >= 0.3 is 0 Å². The van der Waals surface area contributed by atoms with E-state index in [9.17, 15) is 23.2 Å². The lowest BCUT2D eigenvalue weighted by Crippen LogP contribution is -2.49. The minimum atomic E-state index is -1.65. The predicted molar refractivity (Wildman–Crippen MR) is 83.2 cm³/mol. The number of carbonyl (C=O) groups is 3. The quantitative estimate of drug-likeness (QED) is 0.891. The maximum Gasteiger partial charge on any atom is 0.243 e. The van der Waals surface area contributed by atoms with Crippen molar-refractivity contribution in [1.82, 2.24) is 10.2 Å². The molecule has 1 saturated heterocycles. The number of rotatable bonds is 4. The Morgan fingerprint density at radius 1 is 1.42 bits per heavy atom. The fourth-order valence-electron chi connectivity index (χ4n) is 2.82. The minimum absolute atomic E-state index is 0.0948. The summed E-state index contributed by atoms with van der Waals surface area (Å²) in [4.78, 5) is 36.5. The standard InChI is InChI=1S/C16H16ClF2N2O3/c1-8(22)13-12(18)7-21(9(2)23)15(13)16(24)20-6-10-4-3-5-11(17)14(10)19/h3-5,12-13,15H,2,6-7H2,1H3,(H,20,24)/t12-,13?,15-/m0/s1. The van der Waals surface area contributed by atoms with Crippen LogP contribution in [0.15, 0.2) is 18.2 Å². The molecule has 1 aliphatic heterocycles. The molecule has 1 N–H and O–H groups in total. The highest BCUT2D eigenvalue weighted by molar-refractivity contribution is 6.30. The first kappa shape index (κ1) is 18.3. The number of hydrogen-bond donors (Lipinski definition) is 1. The van der Waals surface area contributed by atoms with Gasteiger partial charge in [0.05, 0.1) is 17.5 Å². The second-order valence-corrected chi connectivity index (χ2v) is 5.98. The van der Waals surface area contributed by atoms with Gasteiger partial charge in [0.2, 0.25) is 11.8 Å². The second kappa shape index (κ2) is 7.25. The molecule has 24 heavy (non-hydrogen) atoms. The van der Waals surface area contributed by atoms with Crippen molar-refractivity contribution in [3.05, 3.63) is 41.5 Å². The van der Waals surface area contributed by atoms with Crippen molar-refractivity contribution in [1.29, 1.82) is 0 Å². The monoisotopic (exact) mass is 357 g/mol. The van der Waals surface area contributed by atoms with Gasteiger partial charge in [-0.1, -0.05) is 23.7 Å². The molecule has 129 valence electrons. The molecule has 1 aromatic rings. The lowest BCUT2D eigenvalue weighted by Gasteiger charge is -2.25. The van der Waals surface area contributed by atoms with Crippen molar-refractivity contribution < 1.29 is 23.2 Å². The highest BCUT2D eigenvalue weighted by Crippen LogP contribution is 2.28. The molecule has 8 heteroatoms. The van der Waals surface area contributed by atoms with Crippen LogP contribution in [0.4, 0.5) is 8.78 Å². The van der Waals surface area contributed by atoms with E-state index in [1.54, 1.807) is 0 Å². The number of Topliss-reactive ketones (excluding diaryl/α,β-unsaturated/α-hetero) is 1. The molecule has 2 rings (SSSR count). The summed E-state index contributed by atoms with van der Waals surface area (Å²) in [6.07, 6.45) is -1.65. The van der Waals surface area contributed by atoms with Crippen LogP contribution in [0.5, 0.6) is 0 Å². The van der Waals surface area contributed by atoms with Crippen molar-refractivity contribution in [2.24, 2.45) is 5.92 Å². The summed E-state index contributed by atoms with van der Waals surface area (Å²) in [7, 11) is 0. The molecule has 1 aromatic carbocycles. The van der Waals surface area contributed by atoms with E-state index in [1.165, 1.54) is 18.2 Å². The number of likely N-dealkylation sites (tertiary alicyclic amines) is 1. The van der Waals surface area contributed by atoms with Gasteiger partial charge in [0, 0.05) is 19.0 Å². The Hall–Kier alpha value is -2.02. The summed E-state index contributed by atoms with van der Waals surface area (Å²) >= 11 is 5.66. The van der Waals surface area contributed by atoms with Crippen molar-refractivity contribution in [2.45, 2.75) is 25.7 Å². The number of hydrogen-bond acceptors (Lipinski definition) is 3. The zero-order valence-corrected chi connectivity index (χ0v) is 13.6. The summed E-state index contributed by atoms with van der Waals surface area (Å²) in [6, 6.07) is 3.01. The highest BCUT2D eigenvalue weighted by Gasteiger charge is 2.49. The zero-order valence-electron chi connectivity index (χ0n) is 12.9. The Morgan fingerprint density at radius 3 is 2.67 bits per heavy atom. The average molecular weight is 358 g/mol. The summed E-state index contributed by atoms with van der Waals surface area (Å²) in [5.74, 6) is -3.98. The third kappa shape index (κ3) is 3.56. The molecular formula is C16H16ClF2N2O3. The van der Waals surface area contributed by atoms with Crippen molar-refractivity contribution in [2.75, 3.05) is 6.54 Å². The number of benzene rings is 1. The maximum absolute atomic E-state index is 14.0. The van der Waals surface area contributed by atoms with Gasteiger partial charge < -0.3 is 10.2 Å². The van der Waals surface area contributed by atoms with Crippen molar-refractivity contribution in [3.8, 4) is 0 Å². The van der Waals surface area contributed by atoms with Crippen LogP contribution in [-0.4, -0.2) is 41.3 Å². The van der Waals surface area contributed by atoms with E-state index in [1.807, 2.05) is 0 Å².